The van der Waals surface area contributed by atoms with Crippen molar-refractivity contribution in [2.75, 3.05) is 0 Å². The Morgan fingerprint density at radius 3 is 2.56 bits per heavy atom. The van der Waals surface area contributed by atoms with Crippen LogP contribution in [0.1, 0.15) is 11.5 Å². The molecule has 16 heavy (non-hydrogen) atoms. The Morgan fingerprint density at radius 2 is 2.12 bits per heavy atom. The van der Waals surface area contributed by atoms with Crippen LogP contribution in [0.25, 0.3) is 0 Å². The highest BCUT2D eigenvalue weighted by atomic mass is 79.9. The van der Waals surface area contributed by atoms with Gasteiger partial charge in [0, 0.05) is 5.92 Å². The second kappa shape index (κ2) is 3.86. The van der Waals surface area contributed by atoms with Crippen LogP contribution < -0.4 is 0 Å². The van der Waals surface area contributed by atoms with E-state index in [-0.39, 0.29) is 4.47 Å². The van der Waals surface area contributed by atoms with Gasteiger partial charge in [0.25, 0.3) is 0 Å². The quantitative estimate of drug-likeness (QED) is 0.843. The van der Waals surface area contributed by atoms with E-state index in [9.17, 15) is 9.18 Å². The zero-order chi connectivity index (χ0) is 12.1. The van der Waals surface area contributed by atoms with Crippen molar-refractivity contribution >= 4 is 45.1 Å². The predicted octanol–water partition coefficient (Wildman–Crippen LogP) is 3.56. The third-order valence-electron chi connectivity index (χ3n) is 2.62. The lowest BCUT2D eigenvalue weighted by Crippen LogP contribution is -2.03. The van der Waals surface area contributed by atoms with Gasteiger partial charge in [0.2, 0.25) is 0 Å². The number of hydrogen-bond acceptors (Lipinski definition) is 1. The molecular formula is C10H6BrCl2FO2. The van der Waals surface area contributed by atoms with E-state index in [4.69, 9.17) is 28.3 Å². The van der Waals surface area contributed by atoms with E-state index in [2.05, 4.69) is 15.9 Å². The number of rotatable bonds is 2. The van der Waals surface area contributed by atoms with Crippen molar-refractivity contribution in [3.8, 4) is 0 Å². The van der Waals surface area contributed by atoms with Crippen LogP contribution in [0.3, 0.4) is 0 Å². The van der Waals surface area contributed by atoms with Gasteiger partial charge in [-0.3, -0.25) is 4.79 Å². The summed E-state index contributed by atoms with van der Waals surface area (Å²) in [4.78, 5) is 10.9. The minimum Gasteiger partial charge on any atom is -0.481 e. The molecule has 0 radical (unpaired) electrons. The smallest absolute Gasteiger partial charge is 0.310 e. The summed E-state index contributed by atoms with van der Waals surface area (Å²) in [5, 5.41) is 8.89. The molecule has 1 fully saturated rings. The summed E-state index contributed by atoms with van der Waals surface area (Å²) in [7, 11) is 0. The molecule has 2 atom stereocenters. The van der Waals surface area contributed by atoms with Crippen molar-refractivity contribution in [1.82, 2.24) is 0 Å². The summed E-state index contributed by atoms with van der Waals surface area (Å²) in [5.41, 5.74) is 0.616. The number of carbonyl (C=O) groups is 1. The minimum atomic E-state index is -1.30. The molecule has 2 rings (SSSR count). The first-order valence-corrected chi connectivity index (χ1v) is 5.96. The molecule has 0 bridgehead atoms. The zero-order valence-corrected chi connectivity index (χ0v) is 10.9. The first-order chi connectivity index (χ1) is 7.35. The second-order valence-electron chi connectivity index (χ2n) is 3.64. The number of aliphatic carboxylic acids is 1. The highest BCUT2D eigenvalue weighted by molar-refractivity contribution is 9.10. The summed E-state index contributed by atoms with van der Waals surface area (Å²) < 4.78 is 12.0. The topological polar surface area (TPSA) is 37.3 Å². The molecule has 2 nitrogen and oxygen atoms in total. The first-order valence-electron chi connectivity index (χ1n) is 4.41. The van der Waals surface area contributed by atoms with Crippen molar-refractivity contribution in [1.29, 1.82) is 0 Å². The van der Waals surface area contributed by atoms with Crippen molar-refractivity contribution in [3.63, 3.8) is 0 Å². The fraction of sp³-hybridized carbons (Fsp3) is 0.300. The van der Waals surface area contributed by atoms with Crippen LogP contribution in [0.15, 0.2) is 22.7 Å². The number of carboxylic acids is 1. The highest BCUT2D eigenvalue weighted by Gasteiger charge is 2.68. The van der Waals surface area contributed by atoms with E-state index >= 15 is 0 Å². The fourth-order valence-corrected chi connectivity index (χ4v) is 2.97. The van der Waals surface area contributed by atoms with Gasteiger partial charge in [0.15, 0.2) is 0 Å². The molecule has 0 amide bonds. The van der Waals surface area contributed by atoms with Gasteiger partial charge in [-0.1, -0.05) is 29.3 Å². The molecule has 0 heterocycles. The summed E-state index contributed by atoms with van der Waals surface area (Å²) in [5.74, 6) is -2.79. The molecule has 86 valence electrons. The van der Waals surface area contributed by atoms with Crippen LogP contribution in [-0.4, -0.2) is 15.4 Å². The molecule has 1 aliphatic rings. The van der Waals surface area contributed by atoms with E-state index in [1.807, 2.05) is 0 Å². The van der Waals surface area contributed by atoms with E-state index in [1.54, 1.807) is 0 Å². The van der Waals surface area contributed by atoms with Crippen LogP contribution in [-0.2, 0) is 4.79 Å². The lowest BCUT2D eigenvalue weighted by atomic mass is 10.1. The molecule has 1 N–H and O–H groups in total. The molecule has 1 aliphatic carbocycles. The van der Waals surface area contributed by atoms with Crippen molar-refractivity contribution in [3.05, 3.63) is 34.1 Å². The van der Waals surface area contributed by atoms with E-state index < -0.39 is 28.0 Å². The van der Waals surface area contributed by atoms with Gasteiger partial charge in [-0.15, -0.1) is 0 Å². The predicted molar refractivity (Wildman–Crippen MR) is 62.4 cm³/mol. The maximum absolute atomic E-state index is 13.0. The Kier molecular flexibility index (Phi) is 2.93. The molecule has 0 unspecified atom stereocenters. The Balaban J connectivity index is 2.33. The van der Waals surface area contributed by atoms with E-state index in [0.29, 0.717) is 5.56 Å². The van der Waals surface area contributed by atoms with Crippen molar-refractivity contribution in [2.45, 2.75) is 10.3 Å². The minimum absolute atomic E-state index is 0.269. The largest absolute Gasteiger partial charge is 0.481 e. The summed E-state index contributed by atoms with van der Waals surface area (Å²) in [6.45, 7) is 0. The molecule has 1 aromatic carbocycles. The molecular weight excluding hydrogens is 322 g/mol. The third-order valence-corrected chi connectivity index (χ3v) is 4.17. The van der Waals surface area contributed by atoms with E-state index in [1.165, 1.54) is 18.2 Å². The van der Waals surface area contributed by atoms with Crippen LogP contribution >= 0.6 is 39.1 Å². The number of hydrogen-bond donors (Lipinski definition) is 1. The maximum Gasteiger partial charge on any atom is 0.310 e. The Morgan fingerprint density at radius 1 is 1.50 bits per heavy atom. The molecule has 6 heteroatoms. The molecule has 0 aliphatic heterocycles. The standard InChI is InChI=1S/C10H6BrCl2FO2/c11-5-3-4(1-2-6(5)14)7-8(9(15)16)10(7,12)13/h1-3,7-8H,(H,15,16)/t7-,8+/m0/s1. The fourth-order valence-electron chi connectivity index (χ4n) is 1.75. The van der Waals surface area contributed by atoms with Gasteiger partial charge >= 0.3 is 5.97 Å². The maximum atomic E-state index is 13.0. The lowest BCUT2D eigenvalue weighted by Gasteiger charge is -2.01. The number of carboxylic acid groups (broad SMARTS) is 1. The molecule has 0 aromatic heterocycles. The lowest BCUT2D eigenvalue weighted by molar-refractivity contribution is -0.138. The van der Waals surface area contributed by atoms with Crippen LogP contribution in [0, 0.1) is 11.7 Å². The average molecular weight is 328 g/mol. The Labute approximate surface area is 109 Å². The second-order valence-corrected chi connectivity index (χ2v) is 5.94. The zero-order valence-electron chi connectivity index (χ0n) is 7.75. The van der Waals surface area contributed by atoms with Gasteiger partial charge in [-0.2, -0.15) is 0 Å². The van der Waals surface area contributed by atoms with Gasteiger partial charge in [-0.25, -0.2) is 4.39 Å². The molecule has 1 saturated carbocycles. The molecule has 0 saturated heterocycles. The van der Waals surface area contributed by atoms with Gasteiger partial charge < -0.3 is 5.11 Å². The molecule has 0 spiro atoms. The van der Waals surface area contributed by atoms with E-state index in [0.717, 1.165) is 0 Å². The number of alkyl halides is 2. The number of halogens is 4. The summed E-state index contributed by atoms with van der Waals surface area (Å²) in [6.07, 6.45) is 0. The monoisotopic (exact) mass is 326 g/mol. The van der Waals surface area contributed by atoms with Crippen LogP contribution in [0.5, 0.6) is 0 Å². The Bertz CT molecular complexity index is 464. The summed E-state index contributed by atoms with van der Waals surface area (Å²) >= 11 is 14.8. The first kappa shape index (κ1) is 12.1. The normalized spacial score (nSPS) is 26.5. The highest BCUT2D eigenvalue weighted by Crippen LogP contribution is 2.65. The average Bonchev–Trinajstić information content (AvgIpc) is 2.74. The molecule has 1 aromatic rings. The Hall–Kier alpha value is -0.320. The van der Waals surface area contributed by atoms with Crippen molar-refractivity contribution in [2.24, 2.45) is 5.92 Å². The van der Waals surface area contributed by atoms with Gasteiger partial charge in [-0.05, 0) is 33.6 Å². The van der Waals surface area contributed by atoms with Crippen LogP contribution in [0.4, 0.5) is 4.39 Å². The van der Waals surface area contributed by atoms with Gasteiger partial charge in [0.05, 0.1) is 10.4 Å². The summed E-state index contributed by atoms with van der Waals surface area (Å²) in [6, 6.07) is 4.25. The van der Waals surface area contributed by atoms with Crippen molar-refractivity contribution < 1.29 is 14.3 Å². The number of benzene rings is 1. The van der Waals surface area contributed by atoms with Crippen LogP contribution in [0.2, 0.25) is 0 Å². The third kappa shape index (κ3) is 1.83. The SMILES string of the molecule is O=C(O)[C@H]1[C@H](c2ccc(F)c(Br)c2)C1(Cl)Cl. The van der Waals surface area contributed by atoms with Gasteiger partial charge in [0.1, 0.15) is 10.2 Å².